The number of esters is 1. The molecular formula is C18H21N3O6S. The smallest absolute Gasteiger partial charge is 0.309 e. The normalized spacial score (nSPS) is 15.6. The van der Waals surface area contributed by atoms with E-state index in [-0.39, 0.29) is 28.0 Å². The number of ether oxygens (including phenoxy) is 1. The Morgan fingerprint density at radius 3 is 2.43 bits per heavy atom. The summed E-state index contributed by atoms with van der Waals surface area (Å²) in [7, 11) is -4.32. The van der Waals surface area contributed by atoms with E-state index < -0.39 is 16.0 Å². The van der Waals surface area contributed by atoms with Gasteiger partial charge in [0, 0.05) is 25.0 Å². The van der Waals surface area contributed by atoms with Crippen LogP contribution in [0.2, 0.25) is 0 Å². The number of hydrogen-bond donors (Lipinski definition) is 2. The van der Waals surface area contributed by atoms with E-state index in [2.05, 4.69) is 5.32 Å². The largest absolute Gasteiger partial charge is 0.466 e. The molecule has 150 valence electrons. The van der Waals surface area contributed by atoms with Gasteiger partial charge in [0.15, 0.2) is 0 Å². The third kappa shape index (κ3) is 5.80. The van der Waals surface area contributed by atoms with Crippen LogP contribution in [0.15, 0.2) is 40.9 Å². The van der Waals surface area contributed by atoms with Gasteiger partial charge in [-0.2, -0.15) is 13.7 Å². The minimum atomic E-state index is -4.32. The Morgan fingerprint density at radius 2 is 1.93 bits per heavy atom. The molecular weight excluding hydrogens is 386 g/mol. The third-order valence-electron chi connectivity index (χ3n) is 4.24. The summed E-state index contributed by atoms with van der Waals surface area (Å²) in [6.07, 6.45) is 2.60. The number of anilines is 1. The van der Waals surface area contributed by atoms with Crippen LogP contribution in [0.4, 0.5) is 5.69 Å². The van der Waals surface area contributed by atoms with Gasteiger partial charge in [-0.1, -0.05) is 0 Å². The first-order chi connectivity index (χ1) is 13.2. The van der Waals surface area contributed by atoms with E-state index in [1.165, 1.54) is 18.3 Å². The van der Waals surface area contributed by atoms with Crippen LogP contribution >= 0.6 is 0 Å². The Morgan fingerprint density at radius 1 is 1.32 bits per heavy atom. The summed E-state index contributed by atoms with van der Waals surface area (Å²) in [5, 5.41) is 11.8. The SMILES string of the molecule is CCOC(=O)C1CCN(/C=C(/C#N)C(=O)Nc2ccc(S(=O)(=O)O)cc2)CC1. The number of likely N-dealkylation sites (tertiary alicyclic amines) is 1. The molecule has 1 aliphatic rings. The summed E-state index contributed by atoms with van der Waals surface area (Å²) in [4.78, 5) is 25.5. The number of hydrogen-bond acceptors (Lipinski definition) is 7. The van der Waals surface area contributed by atoms with Gasteiger partial charge >= 0.3 is 5.97 Å². The Kier molecular flexibility index (Phi) is 7.14. The van der Waals surface area contributed by atoms with Crippen molar-refractivity contribution in [1.29, 1.82) is 5.26 Å². The van der Waals surface area contributed by atoms with Crippen LogP contribution in [0.1, 0.15) is 19.8 Å². The maximum absolute atomic E-state index is 12.3. The predicted octanol–water partition coefficient (Wildman–Crippen LogP) is 1.55. The molecule has 0 spiro atoms. The lowest BCUT2D eigenvalue weighted by atomic mass is 9.97. The summed E-state index contributed by atoms with van der Waals surface area (Å²) in [6.45, 7) is 3.13. The van der Waals surface area contributed by atoms with E-state index in [1.807, 2.05) is 6.07 Å². The van der Waals surface area contributed by atoms with Crippen molar-refractivity contribution in [2.75, 3.05) is 25.0 Å². The highest BCUT2D eigenvalue weighted by Crippen LogP contribution is 2.20. The molecule has 1 amide bonds. The maximum atomic E-state index is 12.3. The van der Waals surface area contributed by atoms with Crippen molar-refractivity contribution in [1.82, 2.24) is 4.90 Å². The van der Waals surface area contributed by atoms with Crippen LogP contribution in [0.3, 0.4) is 0 Å². The monoisotopic (exact) mass is 407 g/mol. The molecule has 0 atom stereocenters. The molecule has 1 saturated heterocycles. The molecule has 9 nitrogen and oxygen atoms in total. The van der Waals surface area contributed by atoms with E-state index in [9.17, 15) is 23.3 Å². The summed E-state index contributed by atoms with van der Waals surface area (Å²) >= 11 is 0. The summed E-state index contributed by atoms with van der Waals surface area (Å²) in [5.41, 5.74) is 0.160. The molecule has 1 aromatic carbocycles. The highest BCUT2D eigenvalue weighted by molar-refractivity contribution is 7.85. The molecule has 1 aliphatic heterocycles. The van der Waals surface area contributed by atoms with E-state index in [4.69, 9.17) is 9.29 Å². The molecule has 10 heteroatoms. The van der Waals surface area contributed by atoms with Gasteiger partial charge in [-0.05, 0) is 44.0 Å². The quantitative estimate of drug-likeness (QED) is 0.314. The second-order valence-corrected chi connectivity index (χ2v) is 7.59. The van der Waals surface area contributed by atoms with Crippen molar-refractivity contribution >= 4 is 27.7 Å². The zero-order valence-electron chi connectivity index (χ0n) is 15.3. The van der Waals surface area contributed by atoms with E-state index >= 15 is 0 Å². The highest BCUT2D eigenvalue weighted by Gasteiger charge is 2.25. The number of rotatable bonds is 6. The lowest BCUT2D eigenvalue weighted by Crippen LogP contribution is -2.34. The first-order valence-corrected chi connectivity index (χ1v) is 10.1. The molecule has 1 aromatic rings. The van der Waals surface area contributed by atoms with Crippen molar-refractivity contribution in [3.05, 3.63) is 36.0 Å². The molecule has 0 saturated carbocycles. The van der Waals surface area contributed by atoms with Gasteiger partial charge in [0.1, 0.15) is 11.6 Å². The van der Waals surface area contributed by atoms with Gasteiger partial charge in [0.2, 0.25) is 0 Å². The Hall–Kier alpha value is -2.90. The molecule has 2 rings (SSSR count). The second-order valence-electron chi connectivity index (χ2n) is 6.17. The number of nitriles is 1. The van der Waals surface area contributed by atoms with Gasteiger partial charge in [0.25, 0.3) is 16.0 Å². The van der Waals surface area contributed by atoms with Crippen molar-refractivity contribution in [3.63, 3.8) is 0 Å². The number of piperidine rings is 1. The lowest BCUT2D eigenvalue weighted by Gasteiger charge is -2.30. The van der Waals surface area contributed by atoms with Crippen molar-refractivity contribution < 1.29 is 27.3 Å². The fraction of sp³-hybridized carbons (Fsp3) is 0.389. The van der Waals surface area contributed by atoms with Gasteiger partial charge in [0.05, 0.1) is 17.4 Å². The van der Waals surface area contributed by atoms with Gasteiger partial charge in [-0.3, -0.25) is 14.1 Å². The van der Waals surface area contributed by atoms with E-state index in [0.29, 0.717) is 32.5 Å². The molecule has 1 heterocycles. The van der Waals surface area contributed by atoms with Gasteiger partial charge in [-0.25, -0.2) is 0 Å². The minimum Gasteiger partial charge on any atom is -0.466 e. The standard InChI is InChI=1S/C18H21N3O6S/c1-2-27-18(23)13-7-9-21(10-8-13)12-14(11-19)17(22)20-15-3-5-16(6-4-15)28(24,25)26/h3-6,12-13H,2,7-10H2,1H3,(H,20,22)(H,24,25,26)/b14-12-. The Labute approximate surface area is 163 Å². The van der Waals surface area contributed by atoms with Crippen molar-refractivity contribution in [2.45, 2.75) is 24.7 Å². The van der Waals surface area contributed by atoms with Crippen LogP contribution in [-0.4, -0.2) is 49.4 Å². The van der Waals surface area contributed by atoms with Crippen molar-refractivity contribution in [2.24, 2.45) is 5.92 Å². The number of carbonyl (C=O) groups is 2. The summed E-state index contributed by atoms with van der Waals surface area (Å²) in [5.74, 6) is -1.04. The Balaban J connectivity index is 1.98. The van der Waals surface area contributed by atoms with Crippen LogP contribution in [0.25, 0.3) is 0 Å². The van der Waals surface area contributed by atoms with Crippen molar-refractivity contribution in [3.8, 4) is 6.07 Å². The highest BCUT2D eigenvalue weighted by atomic mass is 32.2. The molecule has 2 N–H and O–H groups in total. The number of amides is 1. The second kappa shape index (κ2) is 9.34. The third-order valence-corrected chi connectivity index (χ3v) is 5.10. The lowest BCUT2D eigenvalue weighted by molar-refractivity contribution is -0.149. The average Bonchev–Trinajstić information content (AvgIpc) is 2.66. The number of nitrogens with one attached hydrogen (secondary N) is 1. The molecule has 0 aliphatic carbocycles. The number of carbonyl (C=O) groups excluding carboxylic acids is 2. The summed E-state index contributed by atoms with van der Waals surface area (Å²) < 4.78 is 36.0. The molecule has 0 aromatic heterocycles. The van der Waals surface area contributed by atoms with Crippen LogP contribution in [0.5, 0.6) is 0 Å². The maximum Gasteiger partial charge on any atom is 0.309 e. The minimum absolute atomic E-state index is 0.117. The first kappa shape index (κ1) is 21.4. The van der Waals surface area contributed by atoms with E-state index in [0.717, 1.165) is 12.1 Å². The topological polar surface area (TPSA) is 137 Å². The van der Waals surface area contributed by atoms with E-state index in [1.54, 1.807) is 11.8 Å². The average molecular weight is 407 g/mol. The fourth-order valence-corrected chi connectivity index (χ4v) is 3.23. The molecule has 0 bridgehead atoms. The molecule has 28 heavy (non-hydrogen) atoms. The zero-order chi connectivity index (χ0) is 20.7. The summed E-state index contributed by atoms with van der Waals surface area (Å²) in [6, 6.07) is 6.73. The molecule has 0 unspecified atom stereocenters. The van der Waals surface area contributed by atoms with Gasteiger partial charge in [-0.15, -0.1) is 0 Å². The molecule has 1 fully saturated rings. The van der Waals surface area contributed by atoms with Crippen LogP contribution in [-0.2, 0) is 24.4 Å². The molecule has 0 radical (unpaired) electrons. The van der Waals surface area contributed by atoms with Gasteiger partial charge < -0.3 is 15.0 Å². The number of benzene rings is 1. The first-order valence-electron chi connectivity index (χ1n) is 8.66. The number of nitrogens with zero attached hydrogens (tertiary/aromatic N) is 2. The zero-order valence-corrected chi connectivity index (χ0v) is 16.1. The van der Waals surface area contributed by atoms with Crippen LogP contribution in [0, 0.1) is 17.2 Å². The Bertz CT molecular complexity index is 894. The fourth-order valence-electron chi connectivity index (χ4n) is 2.75. The van der Waals surface area contributed by atoms with Crippen LogP contribution < -0.4 is 5.32 Å². The predicted molar refractivity (Wildman–Crippen MR) is 99.5 cm³/mol.